The minimum Gasteiger partial charge on any atom is -0.366 e. The molecule has 3 heterocycles. The molecular formula is C20H18N6O3. The third kappa shape index (κ3) is 3.57. The predicted molar refractivity (Wildman–Crippen MR) is 106 cm³/mol. The van der Waals surface area contributed by atoms with Gasteiger partial charge in [0.05, 0.1) is 35.2 Å². The third-order valence-corrected chi connectivity index (χ3v) is 4.55. The van der Waals surface area contributed by atoms with E-state index >= 15 is 0 Å². The Kier molecular flexibility index (Phi) is 4.55. The van der Waals surface area contributed by atoms with Crippen LogP contribution in [0.25, 0.3) is 10.9 Å². The zero-order chi connectivity index (χ0) is 20.5. The number of aryl methyl sites for hydroxylation is 1. The third-order valence-electron chi connectivity index (χ3n) is 4.55. The van der Waals surface area contributed by atoms with Gasteiger partial charge in [0.15, 0.2) is 0 Å². The van der Waals surface area contributed by atoms with E-state index in [1.165, 1.54) is 6.07 Å². The van der Waals surface area contributed by atoms with Gasteiger partial charge in [-0.2, -0.15) is 5.10 Å². The molecule has 0 atom stereocenters. The number of pyridine rings is 1. The lowest BCUT2D eigenvalue weighted by Crippen LogP contribution is -2.18. The first-order chi connectivity index (χ1) is 13.9. The van der Waals surface area contributed by atoms with Crippen molar-refractivity contribution >= 4 is 28.4 Å². The van der Waals surface area contributed by atoms with Crippen molar-refractivity contribution in [3.8, 4) is 0 Å². The van der Waals surface area contributed by atoms with E-state index < -0.39 is 11.8 Å². The van der Waals surface area contributed by atoms with Crippen LogP contribution >= 0.6 is 0 Å². The summed E-state index contributed by atoms with van der Waals surface area (Å²) in [5, 5.41) is 11.6. The maximum atomic E-state index is 12.8. The maximum absolute atomic E-state index is 12.8. The number of primary amides is 1. The van der Waals surface area contributed by atoms with Crippen LogP contribution in [0.5, 0.6) is 0 Å². The molecule has 9 heteroatoms. The molecule has 0 unspecified atom stereocenters. The fraction of sp³-hybridized carbons (Fsp3) is 0.150. The van der Waals surface area contributed by atoms with Gasteiger partial charge in [0.2, 0.25) is 5.91 Å². The molecule has 29 heavy (non-hydrogen) atoms. The molecule has 3 N–H and O–H groups in total. The van der Waals surface area contributed by atoms with E-state index in [4.69, 9.17) is 10.3 Å². The first kappa shape index (κ1) is 18.4. The highest BCUT2D eigenvalue weighted by molar-refractivity contribution is 6.10. The summed E-state index contributed by atoms with van der Waals surface area (Å²) >= 11 is 0. The van der Waals surface area contributed by atoms with E-state index in [2.05, 4.69) is 20.6 Å². The molecule has 0 fully saturated rings. The number of carbonyl (C=O) groups is 2. The molecule has 146 valence electrons. The maximum Gasteiger partial charge on any atom is 0.274 e. The summed E-state index contributed by atoms with van der Waals surface area (Å²) in [7, 11) is 0. The van der Waals surface area contributed by atoms with Crippen LogP contribution in [-0.2, 0) is 6.54 Å². The topological polar surface area (TPSA) is 129 Å². The number of nitrogens with one attached hydrogen (secondary N) is 1. The minimum absolute atomic E-state index is 0.0942. The minimum atomic E-state index is -0.621. The Labute approximate surface area is 165 Å². The van der Waals surface area contributed by atoms with Gasteiger partial charge < -0.3 is 15.6 Å². The number of nitrogens with two attached hydrogens (primary N) is 1. The van der Waals surface area contributed by atoms with Crippen LogP contribution in [0.15, 0.2) is 47.1 Å². The van der Waals surface area contributed by atoms with Crippen molar-refractivity contribution in [2.24, 2.45) is 5.73 Å². The van der Waals surface area contributed by atoms with Crippen LogP contribution in [0.2, 0.25) is 0 Å². The molecule has 9 nitrogen and oxygen atoms in total. The molecule has 0 aliphatic rings. The van der Waals surface area contributed by atoms with Crippen LogP contribution in [0.1, 0.15) is 38.0 Å². The average molecular weight is 390 g/mol. The quantitative estimate of drug-likeness (QED) is 0.538. The lowest BCUT2D eigenvalue weighted by atomic mass is 10.1. The monoisotopic (exact) mass is 390 g/mol. The normalized spacial score (nSPS) is 11.0. The Morgan fingerprint density at radius 1 is 1.21 bits per heavy atom. The summed E-state index contributed by atoms with van der Waals surface area (Å²) in [5.74, 6) is -0.367. The van der Waals surface area contributed by atoms with Crippen LogP contribution in [0.3, 0.4) is 0 Å². The van der Waals surface area contributed by atoms with Gasteiger partial charge in [0.1, 0.15) is 17.1 Å². The Balaban J connectivity index is 1.61. The van der Waals surface area contributed by atoms with Gasteiger partial charge in [-0.1, -0.05) is 23.4 Å². The molecular weight excluding hydrogens is 372 g/mol. The van der Waals surface area contributed by atoms with Crippen LogP contribution in [-0.4, -0.2) is 31.7 Å². The number of aromatic nitrogens is 4. The zero-order valence-corrected chi connectivity index (χ0v) is 15.8. The number of fused-ring (bicyclic) bond motifs is 1. The molecule has 4 aromatic rings. The number of anilines is 1. The Morgan fingerprint density at radius 3 is 2.72 bits per heavy atom. The second-order valence-corrected chi connectivity index (χ2v) is 6.62. The van der Waals surface area contributed by atoms with Gasteiger partial charge in [0.25, 0.3) is 5.91 Å². The summed E-state index contributed by atoms with van der Waals surface area (Å²) in [6.07, 6.45) is 1.55. The van der Waals surface area contributed by atoms with E-state index in [0.717, 1.165) is 11.4 Å². The molecule has 2 amide bonds. The summed E-state index contributed by atoms with van der Waals surface area (Å²) in [5.41, 5.74) is 8.34. The summed E-state index contributed by atoms with van der Waals surface area (Å²) < 4.78 is 6.77. The van der Waals surface area contributed by atoms with Gasteiger partial charge in [-0.25, -0.2) is 4.98 Å². The summed E-state index contributed by atoms with van der Waals surface area (Å²) in [6, 6.07) is 10.2. The van der Waals surface area contributed by atoms with E-state index in [9.17, 15) is 9.59 Å². The van der Waals surface area contributed by atoms with Crippen molar-refractivity contribution in [1.29, 1.82) is 0 Å². The highest BCUT2D eigenvalue weighted by Crippen LogP contribution is 2.20. The molecule has 0 saturated carbocycles. The fourth-order valence-corrected chi connectivity index (χ4v) is 3.06. The van der Waals surface area contributed by atoms with E-state index in [1.54, 1.807) is 35.1 Å². The van der Waals surface area contributed by atoms with Crippen LogP contribution < -0.4 is 11.1 Å². The highest BCUT2D eigenvalue weighted by atomic mass is 16.5. The van der Waals surface area contributed by atoms with Crippen LogP contribution in [0, 0.1) is 13.8 Å². The first-order valence-corrected chi connectivity index (χ1v) is 8.88. The van der Waals surface area contributed by atoms with Gasteiger partial charge in [-0.15, -0.1) is 0 Å². The molecule has 0 aliphatic carbocycles. The van der Waals surface area contributed by atoms with Crippen molar-refractivity contribution in [2.75, 3.05) is 5.32 Å². The number of benzene rings is 1. The largest absolute Gasteiger partial charge is 0.366 e. The molecule has 0 aliphatic heterocycles. The Bertz CT molecular complexity index is 1240. The number of carbonyl (C=O) groups excluding carboxylic acids is 2. The fourth-order valence-electron chi connectivity index (χ4n) is 3.06. The molecule has 4 rings (SSSR count). The van der Waals surface area contributed by atoms with E-state index in [0.29, 0.717) is 28.9 Å². The molecule has 1 aromatic carbocycles. The Morgan fingerprint density at radius 2 is 2.00 bits per heavy atom. The number of para-hydroxylation sites is 1. The van der Waals surface area contributed by atoms with Crippen molar-refractivity contribution < 1.29 is 14.1 Å². The molecule has 0 radical (unpaired) electrons. The molecule has 0 spiro atoms. The SMILES string of the molecule is Cc1cc(Cn2ncc(NC(=O)c3cc(C(N)=O)c4ccccc4n3)c2C)no1. The number of hydrogen-bond donors (Lipinski definition) is 2. The molecule has 0 bridgehead atoms. The number of amides is 2. The van der Waals surface area contributed by atoms with Crippen molar-refractivity contribution in [3.63, 3.8) is 0 Å². The smallest absolute Gasteiger partial charge is 0.274 e. The molecule has 3 aromatic heterocycles. The standard InChI is InChI=1S/C20H18N6O3/c1-11-7-13(25-29-11)10-26-12(2)18(9-22-26)24-20(28)17-8-15(19(21)27)14-5-3-4-6-16(14)23-17/h3-9H,10H2,1-2H3,(H2,21,27)(H,24,28). The first-order valence-electron chi connectivity index (χ1n) is 8.88. The average Bonchev–Trinajstić information content (AvgIpc) is 3.27. The number of hydrogen-bond acceptors (Lipinski definition) is 6. The lowest BCUT2D eigenvalue weighted by Gasteiger charge is -2.08. The number of nitrogens with zero attached hydrogens (tertiary/aromatic N) is 4. The zero-order valence-electron chi connectivity index (χ0n) is 15.8. The van der Waals surface area contributed by atoms with Crippen molar-refractivity contribution in [1.82, 2.24) is 19.9 Å². The Hall–Kier alpha value is -4.01. The lowest BCUT2D eigenvalue weighted by molar-refractivity contribution is 0.100. The van der Waals surface area contributed by atoms with Gasteiger partial charge in [-0.3, -0.25) is 14.3 Å². The van der Waals surface area contributed by atoms with Gasteiger partial charge in [-0.05, 0) is 26.0 Å². The second kappa shape index (κ2) is 7.19. The summed E-state index contributed by atoms with van der Waals surface area (Å²) in [6.45, 7) is 4.06. The van der Waals surface area contributed by atoms with Gasteiger partial charge in [0, 0.05) is 11.5 Å². The summed E-state index contributed by atoms with van der Waals surface area (Å²) in [4.78, 5) is 28.9. The highest BCUT2D eigenvalue weighted by Gasteiger charge is 2.17. The number of rotatable bonds is 5. The second-order valence-electron chi connectivity index (χ2n) is 6.62. The van der Waals surface area contributed by atoms with Gasteiger partial charge >= 0.3 is 0 Å². The predicted octanol–water partition coefficient (Wildman–Crippen LogP) is 2.44. The molecule has 0 saturated heterocycles. The van der Waals surface area contributed by atoms with Crippen molar-refractivity contribution in [2.45, 2.75) is 20.4 Å². The van der Waals surface area contributed by atoms with Crippen molar-refractivity contribution in [3.05, 3.63) is 71.0 Å². The van der Waals surface area contributed by atoms with E-state index in [-0.39, 0.29) is 11.3 Å². The van der Waals surface area contributed by atoms with E-state index in [1.807, 2.05) is 19.9 Å². The van der Waals surface area contributed by atoms with Crippen LogP contribution in [0.4, 0.5) is 5.69 Å².